The van der Waals surface area contributed by atoms with Gasteiger partial charge in [-0.05, 0) is 69.6 Å². The highest BCUT2D eigenvalue weighted by Gasteiger charge is 2.23. The number of carbonyl (C=O) groups excluding carboxylic acids is 6. The van der Waals surface area contributed by atoms with Gasteiger partial charge in [-0.3, -0.25) is 43.3 Å². The molecular weight excluding hydrogens is 1010 g/mol. The molecule has 0 saturated heterocycles. The van der Waals surface area contributed by atoms with Gasteiger partial charge >= 0.3 is 19.8 Å². The van der Waals surface area contributed by atoms with E-state index in [-0.39, 0.29) is 146 Å². The normalized spacial score (nSPS) is 12.5. The number of hydrogen-bond donors (Lipinski definition) is 8. The van der Waals surface area contributed by atoms with Crippen LogP contribution < -0.4 is 25.8 Å². The van der Waals surface area contributed by atoms with Crippen molar-refractivity contribution in [3.05, 3.63) is 29.8 Å². The van der Waals surface area contributed by atoms with Crippen LogP contribution in [0.2, 0.25) is 0 Å². The lowest BCUT2D eigenvalue weighted by Crippen LogP contribution is -2.43. The summed E-state index contributed by atoms with van der Waals surface area (Å²) in [4.78, 5) is 114. The number of carboxylic acid groups (broad SMARTS) is 2. The van der Waals surface area contributed by atoms with Gasteiger partial charge in [0.2, 0.25) is 23.6 Å². The van der Waals surface area contributed by atoms with Crippen LogP contribution in [-0.4, -0.2) is 145 Å². The third-order valence-electron chi connectivity index (χ3n) is 12.1. The maximum absolute atomic E-state index is 12.8. The standard InChI is InChI=1S/C53H89N4O18P.H2/c1-41(52(65)57-47(42(2)58)38-43-24-27-45(28-25-43)75-76(68,69)70)20-17-18-30-54-49(61)39-74-37-35-72-33-31-55-50(62)40-73-36-34-71-32-19-21-44(59)26-29-46(53(66)67)56-48(60)22-15-13-11-9-7-5-3-4-6-8-10-12-14-16-23-51(63)64;/h24-25,27-28,41,46-47H,3-23,26,29-40H2,1-2H3,(H,54,61)(H,55,62)(H,56,60)(H,57,65)(H,63,64)(H,66,67)(H2,68,69,70);1H/t41-,46-,47-;/m0./s1. The molecule has 0 aliphatic carbocycles. The molecule has 1 aromatic carbocycles. The zero-order valence-corrected chi connectivity index (χ0v) is 45.9. The van der Waals surface area contributed by atoms with Crippen LogP contribution in [0.5, 0.6) is 5.75 Å². The second-order valence-corrected chi connectivity index (χ2v) is 20.2. The number of phosphoric acid groups is 1. The fraction of sp³-hybridized carbons (Fsp3) is 0.736. The van der Waals surface area contributed by atoms with Gasteiger partial charge in [0.1, 0.15) is 30.8 Å². The van der Waals surface area contributed by atoms with E-state index in [1.54, 1.807) is 19.1 Å². The van der Waals surface area contributed by atoms with Crippen molar-refractivity contribution >= 4 is 55.0 Å². The van der Waals surface area contributed by atoms with Crippen LogP contribution >= 0.6 is 7.82 Å². The minimum Gasteiger partial charge on any atom is -0.481 e. The zero-order chi connectivity index (χ0) is 56.2. The number of hydrogen-bond acceptors (Lipinski definition) is 14. The van der Waals surface area contributed by atoms with E-state index in [9.17, 15) is 48.0 Å². The predicted octanol–water partition coefficient (Wildman–Crippen LogP) is 6.15. The summed E-state index contributed by atoms with van der Waals surface area (Å²) in [5.41, 5.74) is 0.667. The van der Waals surface area contributed by atoms with Crippen molar-refractivity contribution in [3.63, 3.8) is 0 Å². The van der Waals surface area contributed by atoms with E-state index < -0.39 is 31.8 Å². The van der Waals surface area contributed by atoms with E-state index in [1.807, 2.05) is 0 Å². The zero-order valence-electron chi connectivity index (χ0n) is 45.0. The average Bonchev–Trinajstić information content (AvgIpc) is 3.36. The van der Waals surface area contributed by atoms with Gasteiger partial charge in [-0.15, -0.1) is 0 Å². The smallest absolute Gasteiger partial charge is 0.481 e. The van der Waals surface area contributed by atoms with E-state index in [1.165, 1.54) is 57.6 Å². The fourth-order valence-electron chi connectivity index (χ4n) is 7.75. The van der Waals surface area contributed by atoms with E-state index in [4.69, 9.17) is 33.8 Å². The highest BCUT2D eigenvalue weighted by atomic mass is 31.2. The second kappa shape index (κ2) is 44.2. The third kappa shape index (κ3) is 41.3. The summed E-state index contributed by atoms with van der Waals surface area (Å²) < 4.78 is 37.1. The molecule has 1 rings (SSSR count). The molecule has 0 fully saturated rings. The summed E-state index contributed by atoms with van der Waals surface area (Å²) in [6.07, 6.45) is 18.2. The van der Waals surface area contributed by atoms with Crippen LogP contribution in [0.4, 0.5) is 0 Å². The molecule has 0 aromatic heterocycles. The highest BCUT2D eigenvalue weighted by molar-refractivity contribution is 7.46. The molecule has 436 valence electrons. The Balaban J connectivity index is 0.0000578. The lowest BCUT2D eigenvalue weighted by atomic mass is 9.99. The lowest BCUT2D eigenvalue weighted by molar-refractivity contribution is -0.142. The number of nitrogens with one attached hydrogen (secondary N) is 4. The number of ether oxygens (including phenoxy) is 4. The molecule has 1 aromatic rings. The summed E-state index contributed by atoms with van der Waals surface area (Å²) in [5.74, 6) is -3.91. The molecule has 0 spiro atoms. The number of benzene rings is 1. The Morgan fingerprint density at radius 2 is 1.05 bits per heavy atom. The van der Waals surface area contributed by atoms with Gasteiger partial charge in [0.15, 0.2) is 5.78 Å². The first-order valence-corrected chi connectivity index (χ1v) is 28.6. The van der Waals surface area contributed by atoms with Crippen molar-refractivity contribution < 1.29 is 87.8 Å². The molecule has 3 atom stereocenters. The Labute approximate surface area is 450 Å². The number of carbonyl (C=O) groups is 8. The largest absolute Gasteiger partial charge is 0.524 e. The van der Waals surface area contributed by atoms with Crippen molar-refractivity contribution in [1.29, 1.82) is 0 Å². The molecule has 0 radical (unpaired) electrons. The average molecular weight is 1100 g/mol. The van der Waals surface area contributed by atoms with Gasteiger partial charge in [-0.1, -0.05) is 103 Å². The number of amides is 4. The van der Waals surface area contributed by atoms with Crippen LogP contribution in [-0.2, 0) is 68.3 Å². The maximum atomic E-state index is 12.8. The number of aliphatic carboxylic acids is 2. The SMILES string of the molecule is CC(=O)[C@H](Cc1ccc(OP(=O)(O)O)cc1)NC(=O)[C@@H](C)CCCCNC(=O)COCCOCCNC(=O)COCCOCCCC(=O)CC[C@H](NC(=O)CCCCCCCCCCCCCCCCC(=O)O)C(=O)O.[HH]. The minimum absolute atomic E-state index is 0. The molecule has 8 N–H and O–H groups in total. The lowest BCUT2D eigenvalue weighted by Gasteiger charge is -2.19. The van der Waals surface area contributed by atoms with Crippen molar-refractivity contribution in [2.75, 3.05) is 65.9 Å². The van der Waals surface area contributed by atoms with Gasteiger partial charge < -0.3 is 55.0 Å². The summed E-state index contributed by atoms with van der Waals surface area (Å²) in [5, 5.41) is 29.0. The summed E-state index contributed by atoms with van der Waals surface area (Å²) in [6.45, 7) is 4.69. The van der Waals surface area contributed by atoms with Crippen LogP contribution in [0.3, 0.4) is 0 Å². The van der Waals surface area contributed by atoms with Crippen LogP contribution in [0.25, 0.3) is 0 Å². The number of phosphoric ester groups is 1. The number of unbranched alkanes of at least 4 members (excludes halogenated alkanes) is 14. The highest BCUT2D eigenvalue weighted by Crippen LogP contribution is 2.37. The van der Waals surface area contributed by atoms with E-state index >= 15 is 0 Å². The predicted molar refractivity (Wildman–Crippen MR) is 284 cm³/mol. The molecule has 0 heterocycles. The van der Waals surface area contributed by atoms with Gasteiger partial charge in [-0.2, -0.15) is 0 Å². The number of carboxylic acids is 2. The Kier molecular flexibility index (Phi) is 40.2. The molecule has 0 bridgehead atoms. The van der Waals surface area contributed by atoms with Crippen molar-refractivity contribution in [3.8, 4) is 5.75 Å². The number of Topliss-reactive ketones (excluding diaryl/α,β-unsaturated/α-hetero) is 2. The topological polar surface area (TPSA) is 329 Å². The van der Waals surface area contributed by atoms with Crippen molar-refractivity contribution in [2.45, 2.75) is 180 Å². The molecule has 76 heavy (non-hydrogen) atoms. The Morgan fingerprint density at radius 3 is 1.58 bits per heavy atom. The summed E-state index contributed by atoms with van der Waals surface area (Å²) >= 11 is 0. The first-order chi connectivity index (χ1) is 36.4. The summed E-state index contributed by atoms with van der Waals surface area (Å²) in [7, 11) is -4.70. The molecule has 22 nitrogen and oxygen atoms in total. The quantitative estimate of drug-likeness (QED) is 0.0268. The second-order valence-electron chi connectivity index (χ2n) is 19.0. The molecule has 0 aliphatic heterocycles. The van der Waals surface area contributed by atoms with E-state index in [0.29, 0.717) is 44.2 Å². The Morgan fingerprint density at radius 1 is 0.539 bits per heavy atom. The van der Waals surface area contributed by atoms with Gasteiger partial charge in [0.25, 0.3) is 0 Å². The number of ketones is 2. The van der Waals surface area contributed by atoms with Gasteiger partial charge in [0.05, 0.1) is 39.1 Å². The Hall–Kier alpha value is -4.83. The first-order valence-electron chi connectivity index (χ1n) is 27.1. The third-order valence-corrected chi connectivity index (χ3v) is 12.6. The molecule has 0 aliphatic rings. The van der Waals surface area contributed by atoms with Crippen LogP contribution in [0.1, 0.15) is 169 Å². The van der Waals surface area contributed by atoms with Crippen molar-refractivity contribution in [1.82, 2.24) is 21.3 Å². The van der Waals surface area contributed by atoms with Gasteiger partial charge in [-0.25, -0.2) is 9.36 Å². The molecular formula is C53H91N4O18P. The first kappa shape index (κ1) is 69.2. The minimum atomic E-state index is -4.70. The maximum Gasteiger partial charge on any atom is 0.524 e. The summed E-state index contributed by atoms with van der Waals surface area (Å²) in [6, 6.07) is 3.96. The number of rotatable bonds is 51. The van der Waals surface area contributed by atoms with Gasteiger partial charge in [0, 0.05) is 52.7 Å². The van der Waals surface area contributed by atoms with E-state index in [2.05, 4.69) is 25.8 Å². The molecule has 0 unspecified atom stereocenters. The fourth-order valence-corrected chi connectivity index (χ4v) is 8.14. The van der Waals surface area contributed by atoms with Crippen LogP contribution in [0.15, 0.2) is 24.3 Å². The molecule has 4 amide bonds. The molecule has 0 saturated carbocycles. The monoisotopic (exact) mass is 1100 g/mol. The Bertz CT molecular complexity index is 1870. The van der Waals surface area contributed by atoms with E-state index in [0.717, 1.165) is 44.9 Å². The van der Waals surface area contributed by atoms with Crippen molar-refractivity contribution in [2.24, 2.45) is 5.92 Å². The van der Waals surface area contributed by atoms with Crippen LogP contribution in [0, 0.1) is 5.92 Å². The molecule has 23 heteroatoms.